The maximum absolute atomic E-state index is 12.6. The second-order valence-corrected chi connectivity index (χ2v) is 4.62. The van der Waals surface area contributed by atoms with Crippen molar-refractivity contribution in [3.8, 4) is 0 Å². The van der Waals surface area contributed by atoms with Crippen molar-refractivity contribution in [3.05, 3.63) is 15.6 Å². The third kappa shape index (κ3) is 3.52. The van der Waals surface area contributed by atoms with Gasteiger partial charge >= 0.3 is 6.18 Å². The Morgan fingerprint density at radius 1 is 1.47 bits per heavy atom. The molecule has 0 spiro atoms. The van der Waals surface area contributed by atoms with Crippen LogP contribution in [0.3, 0.4) is 0 Å². The molecule has 0 aromatic carbocycles. The fourth-order valence-electron chi connectivity index (χ4n) is 0.991. The van der Waals surface area contributed by atoms with Gasteiger partial charge in [-0.25, -0.2) is 4.98 Å². The molecule has 0 fully saturated rings. The fourth-order valence-corrected chi connectivity index (χ4v) is 1.82. The summed E-state index contributed by atoms with van der Waals surface area (Å²) >= 11 is 0.688. The van der Waals surface area contributed by atoms with Crippen molar-refractivity contribution in [1.82, 2.24) is 9.88 Å². The number of aromatic nitrogens is 1. The molecular formula is C9H10F3N3OS. The van der Waals surface area contributed by atoms with Gasteiger partial charge in [0.15, 0.2) is 5.69 Å². The Hall–Kier alpha value is -1.44. The Morgan fingerprint density at radius 3 is 2.53 bits per heavy atom. The van der Waals surface area contributed by atoms with Crippen LogP contribution in [0.25, 0.3) is 0 Å². The molecule has 0 saturated carbocycles. The Balaban J connectivity index is 3.10. The van der Waals surface area contributed by atoms with Gasteiger partial charge < -0.3 is 4.90 Å². The minimum absolute atomic E-state index is 0.181. The number of alkyl halides is 3. The van der Waals surface area contributed by atoms with E-state index in [1.807, 2.05) is 0 Å². The lowest BCUT2D eigenvalue weighted by Gasteiger charge is -2.04. The zero-order valence-electron chi connectivity index (χ0n) is 9.37. The normalized spacial score (nSPS) is 12.1. The van der Waals surface area contributed by atoms with E-state index in [0.29, 0.717) is 11.3 Å². The van der Waals surface area contributed by atoms with Crippen LogP contribution in [-0.2, 0) is 6.18 Å². The van der Waals surface area contributed by atoms with Crippen LogP contribution in [0.1, 0.15) is 20.4 Å². The van der Waals surface area contributed by atoms with Crippen molar-refractivity contribution in [2.24, 2.45) is 4.99 Å². The van der Waals surface area contributed by atoms with Crippen LogP contribution in [0, 0.1) is 6.92 Å². The summed E-state index contributed by atoms with van der Waals surface area (Å²) in [5, 5.41) is 0.181. The first kappa shape index (κ1) is 13.6. The molecule has 0 atom stereocenters. The van der Waals surface area contributed by atoms with Crippen LogP contribution < -0.4 is 0 Å². The standard InChI is InChI=1S/C9H10F3N3OS/c1-5-14-7(9(10,11)12)6(17-5)8(16)13-4-15(2)3/h4H,1-3H3. The highest BCUT2D eigenvalue weighted by molar-refractivity contribution is 7.13. The lowest BCUT2D eigenvalue weighted by Crippen LogP contribution is -2.13. The molecule has 0 unspecified atom stereocenters. The molecule has 0 radical (unpaired) electrons. The summed E-state index contributed by atoms with van der Waals surface area (Å²) in [5.74, 6) is -0.934. The van der Waals surface area contributed by atoms with Gasteiger partial charge in [0.25, 0.3) is 5.91 Å². The highest BCUT2D eigenvalue weighted by Crippen LogP contribution is 2.34. The van der Waals surface area contributed by atoms with Gasteiger partial charge in [-0.05, 0) is 6.92 Å². The summed E-state index contributed by atoms with van der Waals surface area (Å²) in [4.78, 5) is 19.2. The van der Waals surface area contributed by atoms with Crippen molar-refractivity contribution < 1.29 is 18.0 Å². The predicted octanol–water partition coefficient (Wildman–Crippen LogP) is 2.20. The number of hydrogen-bond donors (Lipinski definition) is 0. The van der Waals surface area contributed by atoms with Crippen molar-refractivity contribution in [2.75, 3.05) is 14.1 Å². The van der Waals surface area contributed by atoms with Crippen LogP contribution in [0.4, 0.5) is 13.2 Å². The quantitative estimate of drug-likeness (QED) is 0.608. The molecule has 0 aliphatic heterocycles. The van der Waals surface area contributed by atoms with Gasteiger partial charge in [0.1, 0.15) is 4.88 Å². The third-order valence-electron chi connectivity index (χ3n) is 1.60. The van der Waals surface area contributed by atoms with Gasteiger partial charge in [-0.1, -0.05) is 0 Å². The maximum Gasteiger partial charge on any atom is 0.435 e. The van der Waals surface area contributed by atoms with Gasteiger partial charge in [0.2, 0.25) is 0 Å². The minimum atomic E-state index is -4.64. The number of carbonyl (C=O) groups excluding carboxylic acids is 1. The Bertz CT molecular complexity index is 451. The largest absolute Gasteiger partial charge is 0.435 e. The van der Waals surface area contributed by atoms with Gasteiger partial charge in [0.05, 0.1) is 11.3 Å². The van der Waals surface area contributed by atoms with E-state index in [1.165, 1.54) is 11.8 Å². The van der Waals surface area contributed by atoms with Crippen molar-refractivity contribution in [2.45, 2.75) is 13.1 Å². The van der Waals surface area contributed by atoms with Gasteiger partial charge in [-0.2, -0.15) is 18.2 Å². The number of halogens is 3. The van der Waals surface area contributed by atoms with Crippen LogP contribution >= 0.6 is 11.3 Å². The molecule has 94 valence electrons. The van der Waals surface area contributed by atoms with E-state index in [4.69, 9.17) is 0 Å². The number of hydrogen-bond acceptors (Lipinski definition) is 3. The Kier molecular flexibility index (Phi) is 3.87. The molecule has 8 heteroatoms. The van der Waals surface area contributed by atoms with E-state index in [9.17, 15) is 18.0 Å². The summed E-state index contributed by atoms with van der Waals surface area (Å²) in [6.45, 7) is 1.41. The zero-order chi connectivity index (χ0) is 13.2. The van der Waals surface area contributed by atoms with Gasteiger partial charge in [-0.15, -0.1) is 11.3 Å². The first-order valence-electron chi connectivity index (χ1n) is 4.51. The number of aryl methyl sites for hydroxylation is 1. The predicted molar refractivity (Wildman–Crippen MR) is 58.4 cm³/mol. The smallest absolute Gasteiger partial charge is 0.369 e. The molecular weight excluding hydrogens is 255 g/mol. The number of thiazole rings is 1. The minimum Gasteiger partial charge on any atom is -0.369 e. The second-order valence-electron chi connectivity index (χ2n) is 3.42. The van der Waals surface area contributed by atoms with Crippen molar-refractivity contribution in [3.63, 3.8) is 0 Å². The topological polar surface area (TPSA) is 45.6 Å². The number of nitrogens with zero attached hydrogens (tertiary/aromatic N) is 3. The summed E-state index contributed by atoms with van der Waals surface area (Å²) in [7, 11) is 3.22. The first-order valence-corrected chi connectivity index (χ1v) is 5.33. The van der Waals surface area contributed by atoms with E-state index < -0.39 is 22.7 Å². The SMILES string of the molecule is Cc1nc(C(F)(F)F)c(C(=O)N=CN(C)C)s1. The second kappa shape index (κ2) is 4.82. The van der Waals surface area contributed by atoms with Crippen LogP contribution in [0.15, 0.2) is 4.99 Å². The molecule has 1 heterocycles. The van der Waals surface area contributed by atoms with Crippen LogP contribution in [0.2, 0.25) is 0 Å². The molecule has 1 rings (SSSR count). The maximum atomic E-state index is 12.6. The lowest BCUT2D eigenvalue weighted by molar-refractivity contribution is -0.141. The van der Waals surface area contributed by atoms with E-state index in [-0.39, 0.29) is 5.01 Å². The summed E-state index contributed by atoms with van der Waals surface area (Å²) in [6.07, 6.45) is -3.49. The third-order valence-corrected chi connectivity index (χ3v) is 2.56. The molecule has 0 aliphatic rings. The summed E-state index contributed by atoms with van der Waals surface area (Å²) in [6, 6.07) is 0. The lowest BCUT2D eigenvalue weighted by atomic mass is 10.3. The number of aliphatic imine (C=N–C) groups is 1. The molecule has 4 nitrogen and oxygen atoms in total. The van der Waals surface area contributed by atoms with E-state index in [1.54, 1.807) is 14.1 Å². The molecule has 1 aromatic heterocycles. The molecule has 0 aliphatic carbocycles. The number of amides is 1. The first-order chi connectivity index (χ1) is 7.71. The van der Waals surface area contributed by atoms with Gasteiger partial charge in [0, 0.05) is 14.1 Å². The molecule has 17 heavy (non-hydrogen) atoms. The molecule has 0 N–H and O–H groups in total. The molecule has 0 bridgehead atoms. The zero-order valence-corrected chi connectivity index (χ0v) is 10.2. The Morgan fingerprint density at radius 2 is 2.06 bits per heavy atom. The average molecular weight is 265 g/mol. The monoisotopic (exact) mass is 265 g/mol. The van der Waals surface area contributed by atoms with E-state index >= 15 is 0 Å². The number of carbonyl (C=O) groups is 1. The Labute approximate surface area is 99.8 Å². The highest BCUT2D eigenvalue weighted by atomic mass is 32.1. The van der Waals surface area contributed by atoms with E-state index in [2.05, 4.69) is 9.98 Å². The van der Waals surface area contributed by atoms with Gasteiger partial charge in [-0.3, -0.25) is 4.79 Å². The van der Waals surface area contributed by atoms with Crippen LogP contribution in [0.5, 0.6) is 0 Å². The number of rotatable bonds is 2. The van der Waals surface area contributed by atoms with Crippen molar-refractivity contribution >= 4 is 23.6 Å². The fraction of sp³-hybridized carbons (Fsp3) is 0.444. The highest BCUT2D eigenvalue weighted by Gasteiger charge is 2.39. The summed E-state index contributed by atoms with van der Waals surface area (Å²) in [5.41, 5.74) is -1.17. The molecule has 0 saturated heterocycles. The van der Waals surface area contributed by atoms with Crippen LogP contribution in [-0.4, -0.2) is 36.2 Å². The molecule has 1 aromatic rings. The molecule has 1 amide bonds. The van der Waals surface area contributed by atoms with Crippen molar-refractivity contribution in [1.29, 1.82) is 0 Å². The van der Waals surface area contributed by atoms with E-state index in [0.717, 1.165) is 6.34 Å². The summed E-state index contributed by atoms with van der Waals surface area (Å²) < 4.78 is 37.7. The average Bonchev–Trinajstić information content (AvgIpc) is 2.56.